The van der Waals surface area contributed by atoms with E-state index >= 15 is 0 Å². The lowest BCUT2D eigenvalue weighted by Crippen LogP contribution is -2.25. The normalized spacial score (nSPS) is 11.4. The number of fused-ring (bicyclic) bond motifs is 3. The van der Waals surface area contributed by atoms with Gasteiger partial charge in [0.05, 0.1) is 17.1 Å². The number of nitrogens with one attached hydrogen (secondary N) is 2. The fourth-order valence-electron chi connectivity index (χ4n) is 5.02. The Labute approximate surface area is 282 Å². The van der Waals surface area contributed by atoms with Gasteiger partial charge in [-0.3, -0.25) is 9.59 Å². The van der Waals surface area contributed by atoms with E-state index in [2.05, 4.69) is 33.2 Å². The van der Waals surface area contributed by atoms with Crippen LogP contribution in [0.3, 0.4) is 0 Å². The molecule has 0 aliphatic carbocycles. The minimum Gasteiger partial charge on any atom is -0.382 e. The Morgan fingerprint density at radius 1 is 0.872 bits per heavy atom. The number of aldehydes is 1. The summed E-state index contributed by atoms with van der Waals surface area (Å²) in [4.78, 5) is 44.1. The quantitative estimate of drug-likeness (QED) is 0.0596. The van der Waals surface area contributed by atoms with Crippen LogP contribution in [0.15, 0.2) is 36.4 Å². The number of aromatic nitrogens is 3. The summed E-state index contributed by atoms with van der Waals surface area (Å²) in [6.45, 7) is 12.2. The summed E-state index contributed by atoms with van der Waals surface area (Å²) in [6.07, 6.45) is 15.2. The molecule has 2 amide bonds. The van der Waals surface area contributed by atoms with Crippen molar-refractivity contribution < 1.29 is 14.4 Å². The number of pyridine rings is 1. The van der Waals surface area contributed by atoms with Crippen molar-refractivity contribution in [1.82, 2.24) is 25.2 Å². The number of hydrogen-bond donors (Lipinski definition) is 4. The summed E-state index contributed by atoms with van der Waals surface area (Å²) in [6, 6.07) is 7.64. The highest BCUT2D eigenvalue weighted by molar-refractivity contribution is 6.06. The summed E-state index contributed by atoms with van der Waals surface area (Å²) >= 11 is 0. The van der Waals surface area contributed by atoms with Gasteiger partial charge in [0.25, 0.3) is 0 Å². The molecular formula is C37H61N7O3. The molecule has 0 radical (unpaired) electrons. The topological polar surface area (TPSA) is 158 Å². The molecule has 10 heteroatoms. The third kappa shape index (κ3) is 15.6. The van der Waals surface area contributed by atoms with Gasteiger partial charge in [0.15, 0.2) is 5.82 Å². The summed E-state index contributed by atoms with van der Waals surface area (Å²) < 4.78 is 2.30. The van der Waals surface area contributed by atoms with Crippen LogP contribution in [0.5, 0.6) is 0 Å². The van der Waals surface area contributed by atoms with Crippen molar-refractivity contribution in [2.75, 3.05) is 18.8 Å². The van der Waals surface area contributed by atoms with E-state index < -0.39 is 6.04 Å². The van der Waals surface area contributed by atoms with E-state index in [-0.39, 0.29) is 11.8 Å². The lowest BCUT2D eigenvalue weighted by molar-refractivity contribution is -0.121. The first-order chi connectivity index (χ1) is 22.9. The first kappa shape index (κ1) is 41.2. The molecule has 0 saturated heterocycles. The Hall–Kier alpha value is -3.79. The summed E-state index contributed by atoms with van der Waals surface area (Å²) in [5.41, 5.74) is 14.5. The number of nitrogens with two attached hydrogens (primary N) is 2. The zero-order valence-electron chi connectivity index (χ0n) is 29.7. The molecule has 47 heavy (non-hydrogen) atoms. The molecule has 1 aromatic carbocycles. The van der Waals surface area contributed by atoms with Gasteiger partial charge in [0, 0.05) is 44.3 Å². The molecule has 0 bridgehead atoms. The Balaban J connectivity index is 0.00000171. The number of allylic oxidation sites excluding steroid dienone is 2. The second-order valence-electron chi connectivity index (χ2n) is 11.4. The number of amides is 2. The summed E-state index contributed by atoms with van der Waals surface area (Å²) in [7, 11) is 0. The molecule has 0 aliphatic heterocycles. The van der Waals surface area contributed by atoms with E-state index in [1.54, 1.807) is 0 Å². The monoisotopic (exact) mass is 651 g/mol. The lowest BCUT2D eigenvalue weighted by atomic mass is 10.1. The van der Waals surface area contributed by atoms with E-state index in [4.69, 9.17) is 16.5 Å². The molecule has 3 rings (SSSR count). The predicted octanol–water partition coefficient (Wildman–Crippen LogP) is 6.78. The molecule has 3 aromatic rings. The molecule has 0 saturated carbocycles. The van der Waals surface area contributed by atoms with Gasteiger partial charge < -0.3 is 31.5 Å². The molecule has 1 atom stereocenters. The highest BCUT2D eigenvalue weighted by atomic mass is 16.2. The first-order valence-electron chi connectivity index (χ1n) is 17.7. The molecule has 2 heterocycles. The molecule has 0 fully saturated rings. The number of nitrogen functional groups attached to an aromatic ring is 1. The maximum atomic E-state index is 12.3. The van der Waals surface area contributed by atoms with Crippen molar-refractivity contribution in [3.63, 3.8) is 0 Å². The predicted molar refractivity (Wildman–Crippen MR) is 196 cm³/mol. The van der Waals surface area contributed by atoms with E-state index in [0.29, 0.717) is 38.2 Å². The number of carbonyl (C=O) groups excluding carboxylic acids is 3. The maximum absolute atomic E-state index is 12.3. The average molecular weight is 652 g/mol. The Morgan fingerprint density at radius 2 is 1.49 bits per heavy atom. The number of carbonyl (C=O) groups is 3. The molecule has 1 unspecified atom stereocenters. The van der Waals surface area contributed by atoms with Crippen molar-refractivity contribution in [1.29, 1.82) is 0 Å². The largest absolute Gasteiger partial charge is 0.382 e. The van der Waals surface area contributed by atoms with Crippen LogP contribution in [0.25, 0.3) is 21.9 Å². The standard InChI is InChI=1S/C31H47N7O3.C4H8.C2H6/c1-2-3-16-26-37-29-30(24-14-7-8-15-25(24)36-31(29)33)38(26)21-12-11-20-35-28(41)18-6-4-5-17-27(40)34-19-10-9-13-23(32)22-39;1-3-4-2;1-2/h7-8,14-15,22-23H,2-6,9-13,16-21,32H2,1H3,(H2,33,36)(H,34,40)(H,35,41);3-4H,1-2H3;1-2H3. The van der Waals surface area contributed by atoms with Crippen molar-refractivity contribution in [2.24, 2.45) is 5.73 Å². The van der Waals surface area contributed by atoms with Crippen molar-refractivity contribution in [2.45, 2.75) is 131 Å². The zero-order chi connectivity index (χ0) is 34.9. The Bertz CT molecular complexity index is 1350. The van der Waals surface area contributed by atoms with Crippen molar-refractivity contribution in [3.8, 4) is 0 Å². The van der Waals surface area contributed by atoms with Crippen LogP contribution in [-0.2, 0) is 27.3 Å². The van der Waals surface area contributed by atoms with Gasteiger partial charge in [-0.25, -0.2) is 9.97 Å². The molecule has 262 valence electrons. The maximum Gasteiger partial charge on any atom is 0.219 e. The van der Waals surface area contributed by atoms with Gasteiger partial charge in [-0.2, -0.15) is 0 Å². The van der Waals surface area contributed by atoms with Gasteiger partial charge in [-0.15, -0.1) is 0 Å². The highest BCUT2D eigenvalue weighted by Crippen LogP contribution is 2.29. The van der Waals surface area contributed by atoms with Crippen molar-refractivity contribution in [3.05, 3.63) is 42.2 Å². The van der Waals surface area contributed by atoms with Crippen LogP contribution >= 0.6 is 0 Å². The molecule has 10 nitrogen and oxygen atoms in total. The van der Waals surface area contributed by atoms with Gasteiger partial charge >= 0.3 is 0 Å². The number of aryl methyl sites for hydroxylation is 2. The molecule has 2 aromatic heterocycles. The third-order valence-corrected chi connectivity index (χ3v) is 7.68. The number of rotatable bonds is 20. The fraction of sp³-hybridized carbons (Fsp3) is 0.595. The zero-order valence-corrected chi connectivity index (χ0v) is 29.7. The molecule has 0 spiro atoms. The van der Waals surface area contributed by atoms with Crippen LogP contribution in [-0.4, -0.2) is 51.8 Å². The number of benzene rings is 1. The van der Waals surface area contributed by atoms with Crippen LogP contribution < -0.4 is 22.1 Å². The van der Waals surface area contributed by atoms with E-state index in [9.17, 15) is 14.4 Å². The van der Waals surface area contributed by atoms with Gasteiger partial charge in [0.2, 0.25) is 11.8 Å². The van der Waals surface area contributed by atoms with E-state index in [1.807, 2.05) is 58.0 Å². The number of unbranched alkanes of at least 4 members (excludes halogenated alkanes) is 5. The fourth-order valence-corrected chi connectivity index (χ4v) is 5.02. The summed E-state index contributed by atoms with van der Waals surface area (Å²) in [5, 5.41) is 7.00. The van der Waals surface area contributed by atoms with Gasteiger partial charge in [0.1, 0.15) is 17.6 Å². The molecular weight excluding hydrogens is 590 g/mol. The SMILES string of the molecule is CC.CC=CC.CCCCc1nc2c(N)nc3ccccc3c2n1CCCCNC(=O)CCCCCC(=O)NCCCCC(N)C=O. The van der Waals surface area contributed by atoms with Crippen LogP contribution in [0.1, 0.15) is 117 Å². The lowest BCUT2D eigenvalue weighted by Gasteiger charge is -2.11. The first-order valence-corrected chi connectivity index (χ1v) is 17.7. The minimum atomic E-state index is -0.408. The summed E-state index contributed by atoms with van der Waals surface area (Å²) in [5.74, 6) is 1.61. The van der Waals surface area contributed by atoms with Crippen LogP contribution in [0.4, 0.5) is 5.82 Å². The average Bonchev–Trinajstić information content (AvgIpc) is 3.46. The number of para-hydroxylation sites is 1. The highest BCUT2D eigenvalue weighted by Gasteiger charge is 2.17. The van der Waals surface area contributed by atoms with Crippen LogP contribution in [0.2, 0.25) is 0 Å². The minimum absolute atomic E-state index is 0.0320. The number of anilines is 1. The van der Waals surface area contributed by atoms with Crippen LogP contribution in [0, 0.1) is 0 Å². The second-order valence-corrected chi connectivity index (χ2v) is 11.4. The number of hydrogen-bond acceptors (Lipinski definition) is 7. The number of imidazole rings is 1. The molecule has 0 aliphatic rings. The Kier molecular flexibility index (Phi) is 22.2. The number of nitrogens with zero attached hydrogens (tertiary/aromatic N) is 3. The third-order valence-electron chi connectivity index (χ3n) is 7.68. The Morgan fingerprint density at radius 3 is 2.09 bits per heavy atom. The second kappa shape index (κ2) is 25.3. The van der Waals surface area contributed by atoms with Gasteiger partial charge in [-0.1, -0.05) is 64.0 Å². The van der Waals surface area contributed by atoms with E-state index in [1.165, 1.54) is 0 Å². The van der Waals surface area contributed by atoms with Gasteiger partial charge in [-0.05, 0) is 71.3 Å². The smallest absolute Gasteiger partial charge is 0.219 e. The van der Waals surface area contributed by atoms with Crippen molar-refractivity contribution >= 4 is 45.9 Å². The van der Waals surface area contributed by atoms with E-state index in [0.717, 1.165) is 105 Å². The molecule has 6 N–H and O–H groups in total.